The highest BCUT2D eigenvalue weighted by Crippen LogP contribution is 2.28. The fourth-order valence-electron chi connectivity index (χ4n) is 3.42. The van der Waals surface area contributed by atoms with E-state index in [4.69, 9.17) is 14.2 Å². The summed E-state index contributed by atoms with van der Waals surface area (Å²) < 4.78 is 16.9. The topological polar surface area (TPSA) is 60.0 Å². The van der Waals surface area contributed by atoms with Crippen molar-refractivity contribution in [2.45, 2.75) is 39.0 Å². The number of carbonyl (C=O) groups excluding carboxylic acids is 1. The van der Waals surface area contributed by atoms with E-state index in [0.29, 0.717) is 32.1 Å². The molecule has 0 spiro atoms. The molecule has 1 aliphatic rings. The molecule has 2 aromatic rings. The molecular weight excluding hydrogens is 380 g/mol. The number of rotatable bonds is 10. The smallest absolute Gasteiger partial charge is 0.250 e. The third kappa shape index (κ3) is 6.47. The summed E-state index contributed by atoms with van der Waals surface area (Å²) in [6.45, 7) is 6.02. The van der Waals surface area contributed by atoms with E-state index >= 15 is 0 Å². The Labute approximate surface area is 179 Å². The van der Waals surface area contributed by atoms with Gasteiger partial charge in [0.15, 0.2) is 11.5 Å². The van der Waals surface area contributed by atoms with E-state index in [9.17, 15) is 4.79 Å². The molecule has 1 amide bonds. The minimum Gasteiger partial charge on any atom is -0.493 e. The van der Waals surface area contributed by atoms with Gasteiger partial charge in [-0.3, -0.25) is 9.69 Å². The predicted octanol–water partition coefficient (Wildman–Crippen LogP) is 3.39. The quantitative estimate of drug-likeness (QED) is 0.606. The fraction of sp³-hybridized carbons (Fsp3) is 0.458. The van der Waals surface area contributed by atoms with Crippen molar-refractivity contribution in [3.63, 3.8) is 0 Å². The molecule has 0 saturated carbocycles. The minimum atomic E-state index is -0.457. The summed E-state index contributed by atoms with van der Waals surface area (Å²) in [6.07, 6.45) is 1.63. The van der Waals surface area contributed by atoms with Crippen LogP contribution in [0.25, 0.3) is 0 Å². The van der Waals surface area contributed by atoms with Crippen LogP contribution >= 0.6 is 0 Å². The molecule has 3 rings (SSSR count). The van der Waals surface area contributed by atoms with Gasteiger partial charge in [0.25, 0.3) is 5.91 Å². The maximum Gasteiger partial charge on any atom is 0.250 e. The predicted molar refractivity (Wildman–Crippen MR) is 117 cm³/mol. The van der Waals surface area contributed by atoms with Crippen molar-refractivity contribution in [1.82, 2.24) is 10.2 Å². The molecule has 162 valence electrons. The second kappa shape index (κ2) is 11.6. The summed E-state index contributed by atoms with van der Waals surface area (Å²) in [7, 11) is 1.63. The molecule has 2 aromatic carbocycles. The van der Waals surface area contributed by atoms with Gasteiger partial charge in [-0.25, -0.2) is 0 Å². The van der Waals surface area contributed by atoms with Gasteiger partial charge in [0.05, 0.1) is 20.3 Å². The Morgan fingerprint density at radius 3 is 2.77 bits per heavy atom. The largest absolute Gasteiger partial charge is 0.493 e. The lowest BCUT2D eigenvalue weighted by atomic mass is 10.1. The van der Waals surface area contributed by atoms with Crippen LogP contribution < -0.4 is 14.8 Å². The zero-order chi connectivity index (χ0) is 21.2. The Balaban J connectivity index is 1.50. The molecule has 1 aliphatic heterocycles. The third-order valence-corrected chi connectivity index (χ3v) is 5.14. The van der Waals surface area contributed by atoms with Gasteiger partial charge in [-0.05, 0) is 29.7 Å². The molecule has 0 bridgehead atoms. The Bertz CT molecular complexity index is 797. The standard InChI is InChI=1S/C24H32N2O4/c1-3-4-13-29-21-11-10-20(15-22(21)28-2)16-25-24(27)23-18-26(12-14-30-23)17-19-8-6-5-7-9-19/h5-11,15,23H,3-4,12-14,16-18H2,1-2H3,(H,25,27). The lowest BCUT2D eigenvalue weighted by Gasteiger charge is -2.32. The first-order chi connectivity index (χ1) is 14.7. The molecule has 6 nitrogen and oxygen atoms in total. The molecule has 1 heterocycles. The molecule has 1 saturated heterocycles. The van der Waals surface area contributed by atoms with E-state index in [1.54, 1.807) is 7.11 Å². The summed E-state index contributed by atoms with van der Waals surface area (Å²) in [6, 6.07) is 16.1. The number of carbonyl (C=O) groups is 1. The SMILES string of the molecule is CCCCOc1ccc(CNC(=O)C2CN(Cc3ccccc3)CCO2)cc1OC. The number of unbranched alkanes of at least 4 members (excludes halogenated alkanes) is 1. The number of benzene rings is 2. The molecule has 30 heavy (non-hydrogen) atoms. The van der Waals surface area contributed by atoms with E-state index in [1.165, 1.54) is 5.56 Å². The monoisotopic (exact) mass is 412 g/mol. The maximum atomic E-state index is 12.6. The van der Waals surface area contributed by atoms with Crippen LogP contribution in [0.2, 0.25) is 0 Å². The van der Waals surface area contributed by atoms with Crippen molar-refractivity contribution in [2.75, 3.05) is 33.4 Å². The fourth-order valence-corrected chi connectivity index (χ4v) is 3.42. The summed E-state index contributed by atoms with van der Waals surface area (Å²) >= 11 is 0. The average molecular weight is 413 g/mol. The molecular formula is C24H32N2O4. The number of methoxy groups -OCH3 is 1. The van der Waals surface area contributed by atoms with Gasteiger partial charge in [0.2, 0.25) is 0 Å². The van der Waals surface area contributed by atoms with Crippen molar-refractivity contribution < 1.29 is 19.0 Å². The highest BCUT2D eigenvalue weighted by molar-refractivity contribution is 5.81. The lowest BCUT2D eigenvalue weighted by Crippen LogP contribution is -2.49. The van der Waals surface area contributed by atoms with Gasteiger partial charge in [-0.2, -0.15) is 0 Å². The van der Waals surface area contributed by atoms with Crippen molar-refractivity contribution in [3.8, 4) is 11.5 Å². The molecule has 1 atom stereocenters. The summed E-state index contributed by atoms with van der Waals surface area (Å²) in [4.78, 5) is 14.9. The highest BCUT2D eigenvalue weighted by atomic mass is 16.5. The molecule has 1 unspecified atom stereocenters. The Morgan fingerprint density at radius 2 is 2.00 bits per heavy atom. The van der Waals surface area contributed by atoms with Crippen molar-refractivity contribution in [3.05, 3.63) is 59.7 Å². The first kappa shape index (κ1) is 22.1. The molecule has 0 aromatic heterocycles. The third-order valence-electron chi connectivity index (χ3n) is 5.14. The Morgan fingerprint density at radius 1 is 1.17 bits per heavy atom. The van der Waals surface area contributed by atoms with Crippen LogP contribution in [0.5, 0.6) is 11.5 Å². The number of hydrogen-bond acceptors (Lipinski definition) is 5. The average Bonchev–Trinajstić information content (AvgIpc) is 2.79. The van der Waals surface area contributed by atoms with Crippen molar-refractivity contribution in [2.24, 2.45) is 0 Å². The van der Waals surface area contributed by atoms with Crippen molar-refractivity contribution >= 4 is 5.91 Å². The molecule has 0 radical (unpaired) electrons. The van der Waals surface area contributed by atoms with E-state index < -0.39 is 6.10 Å². The second-order valence-electron chi connectivity index (χ2n) is 7.49. The van der Waals surface area contributed by atoms with Gasteiger partial charge < -0.3 is 19.5 Å². The summed E-state index contributed by atoms with van der Waals surface area (Å²) in [5.41, 5.74) is 2.20. The molecule has 1 fully saturated rings. The normalized spacial score (nSPS) is 16.8. The maximum absolute atomic E-state index is 12.6. The van der Waals surface area contributed by atoms with Crippen LogP contribution in [0.3, 0.4) is 0 Å². The van der Waals surface area contributed by atoms with Gasteiger partial charge in [0, 0.05) is 26.2 Å². The Hall–Kier alpha value is -2.57. The van der Waals surface area contributed by atoms with Gasteiger partial charge in [0.1, 0.15) is 6.10 Å². The number of nitrogens with one attached hydrogen (secondary N) is 1. The minimum absolute atomic E-state index is 0.0880. The highest BCUT2D eigenvalue weighted by Gasteiger charge is 2.26. The number of hydrogen-bond donors (Lipinski definition) is 1. The number of nitrogens with zero attached hydrogens (tertiary/aromatic N) is 1. The first-order valence-electron chi connectivity index (χ1n) is 10.6. The first-order valence-corrected chi connectivity index (χ1v) is 10.6. The van der Waals surface area contributed by atoms with Gasteiger partial charge >= 0.3 is 0 Å². The van der Waals surface area contributed by atoms with Crippen LogP contribution in [0.1, 0.15) is 30.9 Å². The number of amides is 1. The number of morpholine rings is 1. The summed E-state index contributed by atoms with van der Waals surface area (Å²) in [5.74, 6) is 1.32. The zero-order valence-electron chi connectivity index (χ0n) is 17.9. The summed E-state index contributed by atoms with van der Waals surface area (Å²) in [5, 5.41) is 2.99. The van der Waals surface area contributed by atoms with E-state index in [1.807, 2.05) is 36.4 Å². The van der Waals surface area contributed by atoms with Crippen LogP contribution in [0.4, 0.5) is 0 Å². The van der Waals surface area contributed by atoms with Crippen LogP contribution in [-0.2, 0) is 22.6 Å². The Kier molecular flexibility index (Phi) is 8.53. The molecule has 1 N–H and O–H groups in total. The van der Waals surface area contributed by atoms with Gasteiger partial charge in [-0.15, -0.1) is 0 Å². The van der Waals surface area contributed by atoms with E-state index in [2.05, 4.69) is 29.3 Å². The number of ether oxygens (including phenoxy) is 3. The molecule has 0 aliphatic carbocycles. The molecule has 6 heteroatoms. The van der Waals surface area contributed by atoms with Crippen LogP contribution in [0.15, 0.2) is 48.5 Å². The lowest BCUT2D eigenvalue weighted by molar-refractivity contribution is -0.139. The van der Waals surface area contributed by atoms with Crippen molar-refractivity contribution in [1.29, 1.82) is 0 Å². The zero-order valence-corrected chi connectivity index (χ0v) is 17.9. The van der Waals surface area contributed by atoms with E-state index in [0.717, 1.165) is 37.2 Å². The van der Waals surface area contributed by atoms with Gasteiger partial charge in [-0.1, -0.05) is 49.7 Å². The second-order valence-corrected chi connectivity index (χ2v) is 7.49. The van der Waals surface area contributed by atoms with E-state index in [-0.39, 0.29) is 5.91 Å². The van der Waals surface area contributed by atoms with Crippen LogP contribution in [0, 0.1) is 0 Å². The van der Waals surface area contributed by atoms with Crippen LogP contribution in [-0.4, -0.2) is 50.3 Å².